The lowest BCUT2D eigenvalue weighted by molar-refractivity contribution is 0.660. The molecule has 0 aliphatic heterocycles. The van der Waals surface area contributed by atoms with Crippen LogP contribution in [0.2, 0.25) is 0 Å². The highest BCUT2D eigenvalue weighted by Crippen LogP contribution is 2.53. The molecule has 0 atom stereocenters. The molecule has 0 N–H and O–H groups in total. The summed E-state index contributed by atoms with van der Waals surface area (Å²) in [5.41, 5.74) is 19.6. The van der Waals surface area contributed by atoms with E-state index in [-0.39, 0.29) is 10.8 Å². The zero-order chi connectivity index (χ0) is 35.4. The minimum atomic E-state index is -0.149. The van der Waals surface area contributed by atoms with Gasteiger partial charge in [-0.2, -0.15) is 0 Å². The fourth-order valence-electron chi connectivity index (χ4n) is 9.19. The molecule has 0 heterocycles. The smallest absolute Gasteiger partial charge is 0.0490 e. The van der Waals surface area contributed by atoms with Gasteiger partial charge in [0.15, 0.2) is 0 Å². The van der Waals surface area contributed by atoms with E-state index >= 15 is 0 Å². The number of anilines is 3. The minimum absolute atomic E-state index is 0.0259. The Hall–Kier alpha value is -5.40. The maximum Gasteiger partial charge on any atom is 0.0490 e. The molecule has 0 spiro atoms. The molecule has 7 aromatic carbocycles. The highest BCUT2D eigenvalue weighted by molar-refractivity contribution is 6.15. The number of hydrogen-bond acceptors (Lipinski definition) is 1. The molecule has 0 aromatic heterocycles. The number of allylic oxidation sites excluding steroid dienone is 2. The average Bonchev–Trinajstić information content (AvgIpc) is 3.51. The second kappa shape index (κ2) is 11.0. The third-order valence-corrected chi connectivity index (χ3v) is 12.4. The van der Waals surface area contributed by atoms with E-state index in [2.05, 4.69) is 188 Å². The predicted octanol–water partition coefficient (Wildman–Crippen LogP) is 14.0. The van der Waals surface area contributed by atoms with Crippen molar-refractivity contribution in [3.63, 3.8) is 0 Å². The van der Waals surface area contributed by atoms with Crippen LogP contribution < -0.4 is 4.90 Å². The fourth-order valence-corrected chi connectivity index (χ4v) is 9.19. The van der Waals surface area contributed by atoms with Crippen LogP contribution in [-0.4, -0.2) is 0 Å². The van der Waals surface area contributed by atoms with Crippen molar-refractivity contribution in [2.24, 2.45) is 0 Å². The molecule has 0 unspecified atom stereocenters. The molecule has 51 heavy (non-hydrogen) atoms. The maximum absolute atomic E-state index is 2.48. The zero-order valence-corrected chi connectivity index (χ0v) is 31.1. The third kappa shape index (κ3) is 4.53. The summed E-state index contributed by atoms with van der Waals surface area (Å²) in [6, 6.07) is 48.0. The molecule has 1 nitrogen and oxygen atoms in total. The number of benzene rings is 7. The molecule has 0 fully saturated rings. The first-order valence-electron chi connectivity index (χ1n) is 18.4. The van der Waals surface area contributed by atoms with Crippen LogP contribution >= 0.6 is 0 Å². The van der Waals surface area contributed by atoms with Crippen molar-refractivity contribution in [3.05, 3.63) is 172 Å². The summed E-state index contributed by atoms with van der Waals surface area (Å²) < 4.78 is 0. The summed E-state index contributed by atoms with van der Waals surface area (Å²) in [5.74, 6) is 0. The van der Waals surface area contributed by atoms with Gasteiger partial charge < -0.3 is 4.90 Å². The first-order valence-corrected chi connectivity index (χ1v) is 18.4. The number of hydrogen-bond donors (Lipinski definition) is 0. The largest absolute Gasteiger partial charge is 0.310 e. The summed E-state index contributed by atoms with van der Waals surface area (Å²) >= 11 is 0. The molecule has 2 aliphatic rings. The van der Waals surface area contributed by atoms with Gasteiger partial charge in [-0.1, -0.05) is 113 Å². The lowest BCUT2D eigenvalue weighted by atomic mass is 9.80. The molecular weight excluding hydrogens is 615 g/mol. The van der Waals surface area contributed by atoms with Crippen LogP contribution in [0.3, 0.4) is 0 Å². The van der Waals surface area contributed by atoms with Crippen LogP contribution in [0.15, 0.2) is 127 Å². The SMILES string of the molecule is CC(=C(C)c1cc2c3c(ccc4cccc(c43)C2(C)C)c1)c1ccc2c(c1)C(C)(C)c1cc(N(c3ccccc3C)c3ccccc3C)ccc1-2. The van der Waals surface area contributed by atoms with Gasteiger partial charge in [-0.25, -0.2) is 0 Å². The van der Waals surface area contributed by atoms with Crippen molar-refractivity contribution in [1.82, 2.24) is 0 Å². The summed E-state index contributed by atoms with van der Waals surface area (Å²) in [5, 5.41) is 5.55. The molecule has 1 heteroatoms. The highest BCUT2D eigenvalue weighted by atomic mass is 15.1. The molecule has 250 valence electrons. The van der Waals surface area contributed by atoms with E-state index in [9.17, 15) is 0 Å². The van der Waals surface area contributed by atoms with Crippen LogP contribution in [0.5, 0.6) is 0 Å². The molecule has 7 aromatic rings. The van der Waals surface area contributed by atoms with Crippen LogP contribution in [0.4, 0.5) is 17.1 Å². The minimum Gasteiger partial charge on any atom is -0.310 e. The van der Waals surface area contributed by atoms with Crippen molar-refractivity contribution in [1.29, 1.82) is 0 Å². The van der Waals surface area contributed by atoms with Crippen LogP contribution in [-0.2, 0) is 10.8 Å². The monoisotopic (exact) mass is 659 g/mol. The highest BCUT2D eigenvalue weighted by Gasteiger charge is 2.37. The first-order chi connectivity index (χ1) is 24.5. The molecule has 2 aliphatic carbocycles. The third-order valence-electron chi connectivity index (χ3n) is 12.4. The van der Waals surface area contributed by atoms with Gasteiger partial charge in [0, 0.05) is 27.9 Å². The lowest BCUT2D eigenvalue weighted by Gasteiger charge is -2.30. The summed E-state index contributed by atoms with van der Waals surface area (Å²) in [7, 11) is 0. The summed E-state index contributed by atoms with van der Waals surface area (Å²) in [6.07, 6.45) is 0. The summed E-state index contributed by atoms with van der Waals surface area (Å²) in [4.78, 5) is 2.44. The standard InChI is InChI=1S/C50H45N/c1-30-14-9-11-18-45(30)51(46-19-12-10-15-31(46)2)38-23-25-40-39-24-22-35(27-42(39)50(7,8)43(40)29-38)32(3)33(4)37-26-36-21-20-34-16-13-17-41-47(34)48(36)44(28-37)49(41,5)6/h9-29H,1-8H3. The molecule has 0 saturated carbocycles. The van der Waals surface area contributed by atoms with Gasteiger partial charge in [0.05, 0.1) is 0 Å². The zero-order valence-electron chi connectivity index (χ0n) is 31.1. The average molecular weight is 660 g/mol. The van der Waals surface area contributed by atoms with Crippen molar-refractivity contribution in [2.75, 3.05) is 4.90 Å². The van der Waals surface area contributed by atoms with Gasteiger partial charge in [0.25, 0.3) is 0 Å². The molecule has 0 radical (unpaired) electrons. The van der Waals surface area contributed by atoms with Crippen molar-refractivity contribution >= 4 is 49.8 Å². The Morgan fingerprint density at radius 3 is 1.69 bits per heavy atom. The van der Waals surface area contributed by atoms with Crippen molar-refractivity contribution in [2.45, 2.75) is 66.2 Å². The molecule has 0 amide bonds. The van der Waals surface area contributed by atoms with Crippen LogP contribution in [0.1, 0.15) is 86.1 Å². The normalized spacial score (nSPS) is 15.3. The predicted molar refractivity (Wildman–Crippen MR) is 220 cm³/mol. The van der Waals surface area contributed by atoms with E-state index in [1.807, 2.05) is 0 Å². The van der Waals surface area contributed by atoms with E-state index < -0.39 is 0 Å². The Labute approximate surface area is 302 Å². The second-order valence-electron chi connectivity index (χ2n) is 16.0. The molecule has 0 bridgehead atoms. The number of rotatable bonds is 5. The van der Waals surface area contributed by atoms with Gasteiger partial charge in [0.1, 0.15) is 0 Å². The summed E-state index contributed by atoms with van der Waals surface area (Å²) in [6.45, 7) is 18.6. The van der Waals surface area contributed by atoms with Gasteiger partial charge in [-0.3, -0.25) is 0 Å². The molecule has 9 rings (SSSR count). The number of para-hydroxylation sites is 2. The lowest BCUT2D eigenvalue weighted by Crippen LogP contribution is -2.17. The second-order valence-corrected chi connectivity index (χ2v) is 16.0. The van der Waals surface area contributed by atoms with E-state index in [0.717, 1.165) is 0 Å². The van der Waals surface area contributed by atoms with Gasteiger partial charge in [-0.05, 0) is 158 Å². The van der Waals surface area contributed by atoms with E-state index in [1.165, 1.54) is 105 Å². The number of fused-ring (bicyclic) bond motifs is 3. The van der Waals surface area contributed by atoms with Crippen LogP contribution in [0, 0.1) is 13.8 Å². The Kier molecular flexibility index (Phi) is 6.84. The Morgan fingerprint density at radius 2 is 1.00 bits per heavy atom. The van der Waals surface area contributed by atoms with E-state index in [4.69, 9.17) is 0 Å². The van der Waals surface area contributed by atoms with E-state index in [0.29, 0.717) is 0 Å². The van der Waals surface area contributed by atoms with Gasteiger partial charge in [0.2, 0.25) is 0 Å². The number of nitrogens with zero attached hydrogens (tertiary/aromatic N) is 1. The van der Waals surface area contributed by atoms with Gasteiger partial charge in [-0.15, -0.1) is 0 Å². The number of aryl methyl sites for hydroxylation is 2. The topological polar surface area (TPSA) is 3.24 Å². The van der Waals surface area contributed by atoms with Crippen molar-refractivity contribution < 1.29 is 0 Å². The first kappa shape index (κ1) is 31.6. The fraction of sp³-hybridized carbons (Fsp3) is 0.200. The molecule has 0 saturated heterocycles. The Bertz CT molecular complexity index is 2580. The maximum atomic E-state index is 2.48. The Morgan fingerprint density at radius 1 is 0.451 bits per heavy atom. The van der Waals surface area contributed by atoms with E-state index in [1.54, 1.807) is 0 Å². The van der Waals surface area contributed by atoms with Gasteiger partial charge >= 0.3 is 0 Å². The quantitative estimate of drug-likeness (QED) is 0.131. The van der Waals surface area contributed by atoms with Crippen molar-refractivity contribution in [3.8, 4) is 11.1 Å². The van der Waals surface area contributed by atoms with Crippen LogP contribution in [0.25, 0.3) is 43.8 Å². The molecular formula is C50H45N. The Balaban J connectivity index is 1.13.